The molecule has 38 heavy (non-hydrogen) atoms. The third kappa shape index (κ3) is 3.78. The molecule has 1 aromatic heterocycles. The number of carbonyl (C=O) groups is 3. The number of benzene rings is 1. The number of rotatable bonds is 5. The summed E-state index contributed by atoms with van der Waals surface area (Å²) in [4.78, 5) is 45.1. The number of carbonyl (C=O) groups excluding carboxylic acids is 3. The van der Waals surface area contributed by atoms with Crippen molar-refractivity contribution in [1.82, 2.24) is 24.8 Å². The maximum Gasteiger partial charge on any atom is 0.311 e. The lowest BCUT2D eigenvalue weighted by Crippen LogP contribution is -2.56. The fourth-order valence-electron chi connectivity index (χ4n) is 6.36. The maximum absolute atomic E-state index is 14.4. The first-order chi connectivity index (χ1) is 18.5. The smallest absolute Gasteiger partial charge is 0.311 e. The standard InChI is InChI=1S/C27H31N5O5S/c1-2-17(15-33)32-23-25(35)30(16-31-19-10-6-5-9-18(19)28-29-31)13-8-12-27(23)22(24(32)34)21-20(38-27)11-4-3-7-14-37-26(21)36/h4-6,8-12,17,20-23,33H,2-3,7,13-16H2,1H3/b11-4-/t17-,20-,21+,22-,23?,27-/m0/s1. The molecule has 1 N–H and O–H groups in total. The van der Waals surface area contributed by atoms with Crippen molar-refractivity contribution < 1.29 is 24.2 Å². The van der Waals surface area contributed by atoms with Gasteiger partial charge in [0.05, 0.1) is 41.4 Å². The third-order valence-electron chi connectivity index (χ3n) is 8.17. The van der Waals surface area contributed by atoms with Crippen molar-refractivity contribution in [3.63, 3.8) is 0 Å². The number of esters is 1. The summed E-state index contributed by atoms with van der Waals surface area (Å²) >= 11 is 1.51. The number of likely N-dealkylation sites (tertiary alicyclic amines) is 1. The molecule has 0 aliphatic carbocycles. The molecule has 2 fully saturated rings. The van der Waals surface area contributed by atoms with Crippen LogP contribution in [0.25, 0.3) is 11.0 Å². The zero-order valence-electron chi connectivity index (χ0n) is 21.2. The number of cyclic esters (lactones) is 1. The molecule has 2 saturated heterocycles. The predicted octanol–water partition coefficient (Wildman–Crippen LogP) is 1.75. The Hall–Kier alpha value is -3.18. The minimum Gasteiger partial charge on any atom is -0.465 e. The minimum absolute atomic E-state index is 0.165. The number of hydrogen-bond acceptors (Lipinski definition) is 8. The van der Waals surface area contributed by atoms with Gasteiger partial charge in [-0.1, -0.05) is 48.6 Å². The van der Waals surface area contributed by atoms with Crippen molar-refractivity contribution in [1.29, 1.82) is 0 Å². The highest BCUT2D eigenvalue weighted by Crippen LogP contribution is 2.61. The molecule has 1 unspecified atom stereocenters. The van der Waals surface area contributed by atoms with Crippen LogP contribution in [0.2, 0.25) is 0 Å². The van der Waals surface area contributed by atoms with Crippen LogP contribution >= 0.6 is 11.8 Å². The largest absolute Gasteiger partial charge is 0.465 e. The first-order valence-corrected chi connectivity index (χ1v) is 14.1. The van der Waals surface area contributed by atoms with Crippen LogP contribution in [0.3, 0.4) is 0 Å². The second-order valence-electron chi connectivity index (χ2n) is 10.3. The lowest BCUT2D eigenvalue weighted by molar-refractivity contribution is -0.153. The summed E-state index contributed by atoms with van der Waals surface area (Å²) in [6, 6.07) is 6.14. The Balaban J connectivity index is 1.43. The lowest BCUT2D eigenvalue weighted by atomic mass is 9.78. The van der Waals surface area contributed by atoms with E-state index in [0.29, 0.717) is 19.6 Å². The van der Waals surface area contributed by atoms with Crippen LogP contribution < -0.4 is 0 Å². The molecule has 200 valence electrons. The fraction of sp³-hybridized carbons (Fsp3) is 0.519. The zero-order chi connectivity index (χ0) is 26.4. The molecule has 0 bridgehead atoms. The molecule has 0 radical (unpaired) electrons. The van der Waals surface area contributed by atoms with Gasteiger partial charge in [0.1, 0.15) is 18.2 Å². The average molecular weight is 538 g/mol. The molecule has 4 aliphatic rings. The van der Waals surface area contributed by atoms with Crippen molar-refractivity contribution in [2.45, 2.75) is 54.9 Å². The van der Waals surface area contributed by atoms with Gasteiger partial charge >= 0.3 is 5.97 Å². The quantitative estimate of drug-likeness (QED) is 0.453. The summed E-state index contributed by atoms with van der Waals surface area (Å²) < 4.78 is 6.33. The SMILES string of the molecule is CC[C@@H](CO)N1C(=O)[C@@H]2[C@@H]3C(=O)OCCC/C=C\[C@@H]3S[C@@]23C=CCN(Cn2nnc4ccccc42)C(=O)C13. The summed E-state index contributed by atoms with van der Waals surface area (Å²) in [6.45, 7) is 2.42. The molecule has 6 atom stereocenters. The Kier molecular flexibility index (Phi) is 6.51. The van der Waals surface area contributed by atoms with Crippen molar-refractivity contribution in [3.05, 3.63) is 48.6 Å². The molecular formula is C27H31N5O5S. The van der Waals surface area contributed by atoms with Gasteiger partial charge in [0.25, 0.3) is 0 Å². The number of para-hydroxylation sites is 1. The number of thioether (sulfide) groups is 1. The first-order valence-electron chi connectivity index (χ1n) is 13.2. The van der Waals surface area contributed by atoms with Gasteiger partial charge in [-0.3, -0.25) is 14.4 Å². The Morgan fingerprint density at radius 2 is 2.05 bits per heavy atom. The van der Waals surface area contributed by atoms with Crippen LogP contribution in [0.1, 0.15) is 26.2 Å². The maximum atomic E-state index is 14.4. The van der Waals surface area contributed by atoms with Gasteiger partial charge < -0.3 is 19.6 Å². The van der Waals surface area contributed by atoms with E-state index in [1.807, 2.05) is 49.4 Å². The number of fused-ring (bicyclic) bond motifs is 3. The molecule has 10 nitrogen and oxygen atoms in total. The van der Waals surface area contributed by atoms with Gasteiger partial charge in [-0.05, 0) is 31.4 Å². The molecule has 6 rings (SSSR count). The Bertz CT molecular complexity index is 1320. The predicted molar refractivity (Wildman–Crippen MR) is 141 cm³/mol. The zero-order valence-corrected chi connectivity index (χ0v) is 22.0. The Morgan fingerprint density at radius 3 is 2.87 bits per heavy atom. The average Bonchev–Trinajstić information content (AvgIpc) is 3.53. The second-order valence-corrected chi connectivity index (χ2v) is 11.7. The van der Waals surface area contributed by atoms with E-state index in [-0.39, 0.29) is 30.3 Å². The number of ether oxygens (including phenoxy) is 1. The van der Waals surface area contributed by atoms with Crippen LogP contribution in [0, 0.1) is 11.8 Å². The number of aromatic nitrogens is 3. The summed E-state index contributed by atoms with van der Waals surface area (Å²) in [7, 11) is 0. The minimum atomic E-state index is -0.951. The van der Waals surface area contributed by atoms with Gasteiger partial charge in [0.15, 0.2) is 0 Å². The molecule has 4 aliphatic heterocycles. The summed E-state index contributed by atoms with van der Waals surface area (Å²) in [6.07, 6.45) is 9.95. The number of amides is 2. The topological polar surface area (TPSA) is 118 Å². The van der Waals surface area contributed by atoms with E-state index in [9.17, 15) is 19.5 Å². The van der Waals surface area contributed by atoms with E-state index < -0.39 is 34.6 Å². The van der Waals surface area contributed by atoms with Gasteiger partial charge in [-0.15, -0.1) is 16.9 Å². The van der Waals surface area contributed by atoms with Crippen molar-refractivity contribution >= 4 is 40.6 Å². The highest BCUT2D eigenvalue weighted by Gasteiger charge is 2.71. The van der Waals surface area contributed by atoms with Crippen LogP contribution in [-0.4, -0.2) is 89.5 Å². The van der Waals surface area contributed by atoms with E-state index in [4.69, 9.17) is 4.74 Å². The molecule has 2 amide bonds. The Labute approximate surface area is 224 Å². The monoisotopic (exact) mass is 537 g/mol. The number of aliphatic hydroxyl groups excluding tert-OH is 1. The second kappa shape index (κ2) is 9.85. The molecule has 1 spiro atoms. The van der Waals surface area contributed by atoms with Crippen molar-refractivity contribution in [2.75, 3.05) is 19.8 Å². The van der Waals surface area contributed by atoms with E-state index in [1.165, 1.54) is 11.8 Å². The molecule has 1 aromatic carbocycles. The number of nitrogens with zero attached hydrogens (tertiary/aromatic N) is 5. The highest BCUT2D eigenvalue weighted by atomic mass is 32.2. The number of aliphatic hydroxyl groups is 1. The lowest BCUT2D eigenvalue weighted by Gasteiger charge is -2.38. The summed E-state index contributed by atoms with van der Waals surface area (Å²) in [5.74, 6) is -2.35. The molecular weight excluding hydrogens is 506 g/mol. The number of allylic oxidation sites excluding steroid dienone is 1. The van der Waals surface area contributed by atoms with Crippen LogP contribution in [0.15, 0.2) is 48.6 Å². The van der Waals surface area contributed by atoms with E-state index in [2.05, 4.69) is 16.4 Å². The Morgan fingerprint density at radius 1 is 1.21 bits per heavy atom. The van der Waals surface area contributed by atoms with Crippen LogP contribution in [-0.2, 0) is 25.8 Å². The molecule has 5 heterocycles. The van der Waals surface area contributed by atoms with Gasteiger partial charge in [-0.2, -0.15) is 0 Å². The molecule has 0 saturated carbocycles. The number of hydrogen-bond donors (Lipinski definition) is 1. The first kappa shape index (κ1) is 25.1. The third-order valence-corrected chi connectivity index (χ3v) is 9.92. The van der Waals surface area contributed by atoms with E-state index in [0.717, 1.165) is 23.9 Å². The van der Waals surface area contributed by atoms with E-state index >= 15 is 0 Å². The highest BCUT2D eigenvalue weighted by molar-refractivity contribution is 8.02. The fourth-order valence-corrected chi connectivity index (χ4v) is 8.35. The van der Waals surface area contributed by atoms with Gasteiger partial charge in [0, 0.05) is 11.8 Å². The molecule has 11 heteroatoms. The van der Waals surface area contributed by atoms with Crippen molar-refractivity contribution in [2.24, 2.45) is 11.8 Å². The molecule has 2 aromatic rings. The summed E-state index contributed by atoms with van der Waals surface area (Å²) in [5, 5.41) is 18.4. The van der Waals surface area contributed by atoms with Gasteiger partial charge in [-0.25, -0.2) is 4.68 Å². The normalized spacial score (nSPS) is 32.6. The van der Waals surface area contributed by atoms with Crippen molar-refractivity contribution in [3.8, 4) is 0 Å². The summed E-state index contributed by atoms with van der Waals surface area (Å²) in [5.41, 5.74) is 1.54. The van der Waals surface area contributed by atoms with E-state index in [1.54, 1.807) is 14.5 Å². The van der Waals surface area contributed by atoms with Crippen LogP contribution in [0.5, 0.6) is 0 Å². The van der Waals surface area contributed by atoms with Gasteiger partial charge in [0.2, 0.25) is 11.8 Å². The van der Waals surface area contributed by atoms with Crippen LogP contribution in [0.4, 0.5) is 0 Å².